The number of rotatable bonds is 3. The number of anilines is 1. The molecule has 2 aliphatic rings. The predicted molar refractivity (Wildman–Crippen MR) is 104 cm³/mol. The standard InChI is InChI=1S/C21H26N4O2/c1-15-17-12-27-14-21(19(17)23-20(22-15)24(2)3)9-10-25(13-21)18(26)11-16-7-5-4-6-8-16/h4-8H,9-14H2,1-3H3/t21-/m1/s1. The molecule has 1 atom stereocenters. The summed E-state index contributed by atoms with van der Waals surface area (Å²) < 4.78 is 5.93. The Bertz CT molecular complexity index is 853. The van der Waals surface area contributed by atoms with Gasteiger partial charge in [-0.2, -0.15) is 0 Å². The van der Waals surface area contributed by atoms with E-state index in [4.69, 9.17) is 9.72 Å². The molecule has 0 radical (unpaired) electrons. The second-order valence-corrected chi connectivity index (χ2v) is 7.83. The van der Waals surface area contributed by atoms with E-state index in [1.165, 1.54) is 0 Å². The number of likely N-dealkylation sites (tertiary alicyclic amines) is 1. The van der Waals surface area contributed by atoms with Crippen LogP contribution in [0.25, 0.3) is 0 Å². The number of aromatic nitrogens is 2. The normalized spacial score (nSPS) is 21.4. The van der Waals surface area contributed by atoms with Gasteiger partial charge in [-0.05, 0) is 18.9 Å². The van der Waals surface area contributed by atoms with E-state index < -0.39 is 0 Å². The highest BCUT2D eigenvalue weighted by atomic mass is 16.5. The minimum absolute atomic E-state index is 0.170. The summed E-state index contributed by atoms with van der Waals surface area (Å²) in [5.74, 6) is 0.894. The number of carbonyl (C=O) groups is 1. The topological polar surface area (TPSA) is 58.6 Å². The van der Waals surface area contributed by atoms with Gasteiger partial charge in [0.05, 0.1) is 30.7 Å². The van der Waals surface area contributed by atoms with Crippen molar-refractivity contribution in [2.75, 3.05) is 38.7 Å². The predicted octanol–water partition coefficient (Wildman–Crippen LogP) is 2.09. The van der Waals surface area contributed by atoms with Gasteiger partial charge in [0.25, 0.3) is 0 Å². The Labute approximate surface area is 160 Å². The molecule has 1 saturated heterocycles. The highest BCUT2D eigenvalue weighted by Crippen LogP contribution is 2.40. The van der Waals surface area contributed by atoms with Crippen LogP contribution in [-0.4, -0.2) is 54.6 Å². The van der Waals surface area contributed by atoms with E-state index in [-0.39, 0.29) is 11.3 Å². The first kappa shape index (κ1) is 17.9. The Balaban J connectivity index is 1.60. The highest BCUT2D eigenvalue weighted by molar-refractivity contribution is 5.79. The van der Waals surface area contributed by atoms with Crippen molar-refractivity contribution in [1.29, 1.82) is 0 Å². The van der Waals surface area contributed by atoms with E-state index in [9.17, 15) is 4.79 Å². The Morgan fingerprint density at radius 3 is 2.78 bits per heavy atom. The molecule has 0 bridgehead atoms. The van der Waals surface area contributed by atoms with Gasteiger partial charge in [-0.1, -0.05) is 30.3 Å². The lowest BCUT2D eigenvalue weighted by atomic mass is 9.80. The first-order chi connectivity index (χ1) is 13.0. The van der Waals surface area contributed by atoms with Crippen LogP contribution < -0.4 is 4.90 Å². The molecule has 2 aliphatic heterocycles. The van der Waals surface area contributed by atoms with Crippen molar-refractivity contribution in [3.8, 4) is 0 Å². The molecule has 4 rings (SSSR count). The molecular weight excluding hydrogens is 340 g/mol. The van der Waals surface area contributed by atoms with Gasteiger partial charge in [0, 0.05) is 38.4 Å². The lowest BCUT2D eigenvalue weighted by Crippen LogP contribution is -2.42. The maximum atomic E-state index is 12.8. The molecular formula is C21H26N4O2. The second-order valence-electron chi connectivity index (χ2n) is 7.83. The molecule has 1 spiro atoms. The van der Waals surface area contributed by atoms with Crippen LogP contribution in [0.1, 0.15) is 28.9 Å². The SMILES string of the molecule is Cc1nc(N(C)C)nc2c1COC[C@]21CCN(C(=O)Cc2ccccc2)C1. The molecule has 0 N–H and O–H groups in total. The third-order valence-corrected chi connectivity index (χ3v) is 5.63. The molecule has 2 aromatic rings. The zero-order valence-corrected chi connectivity index (χ0v) is 16.2. The first-order valence-electron chi connectivity index (χ1n) is 9.43. The summed E-state index contributed by atoms with van der Waals surface area (Å²) in [4.78, 5) is 26.2. The number of nitrogens with zero attached hydrogens (tertiary/aromatic N) is 4. The van der Waals surface area contributed by atoms with Crippen LogP contribution in [0.15, 0.2) is 30.3 Å². The summed E-state index contributed by atoms with van der Waals surface area (Å²) in [7, 11) is 3.91. The Morgan fingerprint density at radius 1 is 1.26 bits per heavy atom. The van der Waals surface area contributed by atoms with E-state index in [1.54, 1.807) is 0 Å². The average Bonchev–Trinajstić information content (AvgIpc) is 3.08. The van der Waals surface area contributed by atoms with E-state index in [1.807, 2.05) is 61.2 Å². The van der Waals surface area contributed by atoms with Crippen molar-refractivity contribution in [2.45, 2.75) is 31.8 Å². The summed E-state index contributed by atoms with van der Waals surface area (Å²) in [5.41, 5.74) is 3.95. The number of ether oxygens (including phenoxy) is 1. The summed E-state index contributed by atoms with van der Waals surface area (Å²) >= 11 is 0. The fourth-order valence-corrected chi connectivity index (χ4v) is 4.09. The fraction of sp³-hybridized carbons (Fsp3) is 0.476. The number of aryl methyl sites for hydroxylation is 1. The number of carbonyl (C=O) groups excluding carboxylic acids is 1. The van der Waals surface area contributed by atoms with Crippen LogP contribution in [0.4, 0.5) is 5.95 Å². The van der Waals surface area contributed by atoms with Crippen LogP contribution >= 0.6 is 0 Å². The van der Waals surface area contributed by atoms with Gasteiger partial charge < -0.3 is 14.5 Å². The van der Waals surface area contributed by atoms with E-state index in [0.29, 0.717) is 26.2 Å². The maximum absolute atomic E-state index is 12.8. The monoisotopic (exact) mass is 366 g/mol. The molecule has 142 valence electrons. The molecule has 6 heteroatoms. The zero-order valence-electron chi connectivity index (χ0n) is 16.2. The van der Waals surface area contributed by atoms with Crippen molar-refractivity contribution >= 4 is 11.9 Å². The molecule has 1 aromatic carbocycles. The van der Waals surface area contributed by atoms with Crippen LogP contribution in [0.5, 0.6) is 0 Å². The summed E-state index contributed by atoms with van der Waals surface area (Å²) in [5, 5.41) is 0. The van der Waals surface area contributed by atoms with E-state index in [2.05, 4.69) is 4.98 Å². The molecule has 6 nitrogen and oxygen atoms in total. The van der Waals surface area contributed by atoms with Gasteiger partial charge in [0.15, 0.2) is 0 Å². The minimum atomic E-state index is -0.224. The fourth-order valence-electron chi connectivity index (χ4n) is 4.09. The van der Waals surface area contributed by atoms with Crippen molar-refractivity contribution in [3.63, 3.8) is 0 Å². The van der Waals surface area contributed by atoms with Crippen molar-refractivity contribution < 1.29 is 9.53 Å². The number of fused-ring (bicyclic) bond motifs is 2. The summed E-state index contributed by atoms with van der Waals surface area (Å²) in [6.07, 6.45) is 1.32. The van der Waals surface area contributed by atoms with Crippen molar-refractivity contribution in [3.05, 3.63) is 52.8 Å². The number of hydrogen-bond acceptors (Lipinski definition) is 5. The van der Waals surface area contributed by atoms with Crippen LogP contribution in [0.3, 0.4) is 0 Å². The van der Waals surface area contributed by atoms with Gasteiger partial charge in [0.1, 0.15) is 0 Å². The number of benzene rings is 1. The van der Waals surface area contributed by atoms with Crippen LogP contribution in [0, 0.1) is 6.92 Å². The Hall–Kier alpha value is -2.47. The third-order valence-electron chi connectivity index (χ3n) is 5.63. The summed E-state index contributed by atoms with van der Waals surface area (Å²) in [6, 6.07) is 9.93. The molecule has 0 unspecified atom stereocenters. The molecule has 1 aromatic heterocycles. The van der Waals surface area contributed by atoms with Gasteiger partial charge in [-0.3, -0.25) is 4.79 Å². The molecule has 0 saturated carbocycles. The molecule has 3 heterocycles. The number of amides is 1. The molecule has 27 heavy (non-hydrogen) atoms. The van der Waals surface area contributed by atoms with Crippen molar-refractivity contribution in [1.82, 2.24) is 14.9 Å². The van der Waals surface area contributed by atoms with Crippen molar-refractivity contribution in [2.24, 2.45) is 0 Å². The number of hydrogen-bond donors (Lipinski definition) is 0. The lowest BCUT2D eigenvalue weighted by molar-refractivity contribution is -0.129. The molecule has 0 aliphatic carbocycles. The van der Waals surface area contributed by atoms with E-state index >= 15 is 0 Å². The Kier molecular flexibility index (Phi) is 4.60. The molecule has 1 fully saturated rings. The first-order valence-corrected chi connectivity index (χ1v) is 9.43. The van der Waals surface area contributed by atoms with Gasteiger partial charge >= 0.3 is 0 Å². The van der Waals surface area contributed by atoms with Gasteiger partial charge in [-0.15, -0.1) is 0 Å². The highest BCUT2D eigenvalue weighted by Gasteiger charge is 2.46. The van der Waals surface area contributed by atoms with Crippen LogP contribution in [0.2, 0.25) is 0 Å². The second kappa shape index (κ2) is 6.93. The summed E-state index contributed by atoms with van der Waals surface area (Å²) in [6.45, 7) is 4.58. The van der Waals surface area contributed by atoms with Gasteiger partial charge in [0.2, 0.25) is 11.9 Å². The maximum Gasteiger partial charge on any atom is 0.227 e. The lowest BCUT2D eigenvalue weighted by Gasteiger charge is -2.35. The quantitative estimate of drug-likeness (QED) is 0.833. The van der Waals surface area contributed by atoms with Crippen LogP contribution in [-0.2, 0) is 28.0 Å². The third kappa shape index (κ3) is 3.30. The largest absolute Gasteiger partial charge is 0.376 e. The molecule has 1 amide bonds. The Morgan fingerprint density at radius 2 is 2.04 bits per heavy atom. The smallest absolute Gasteiger partial charge is 0.227 e. The minimum Gasteiger partial charge on any atom is -0.376 e. The average molecular weight is 366 g/mol. The van der Waals surface area contributed by atoms with E-state index in [0.717, 1.165) is 41.4 Å². The van der Waals surface area contributed by atoms with Gasteiger partial charge in [-0.25, -0.2) is 9.97 Å². The zero-order chi connectivity index (χ0) is 19.0.